The van der Waals surface area contributed by atoms with Crippen LogP contribution in [0.4, 0.5) is 0 Å². The van der Waals surface area contributed by atoms with Crippen molar-refractivity contribution >= 4 is 5.57 Å². The van der Waals surface area contributed by atoms with E-state index in [1.54, 1.807) is 12.5 Å². The van der Waals surface area contributed by atoms with E-state index >= 15 is 0 Å². The average Bonchev–Trinajstić information content (AvgIpc) is 2.58. The number of oxazole rings is 1. The summed E-state index contributed by atoms with van der Waals surface area (Å²) in [5.74, 6) is 0.781. The van der Waals surface area contributed by atoms with Crippen LogP contribution in [0.5, 0.6) is 0 Å². The second-order valence-corrected chi connectivity index (χ2v) is 3.08. The molecule has 0 spiro atoms. The lowest BCUT2D eigenvalue weighted by atomic mass is 10.1. The predicted octanol–water partition coefficient (Wildman–Crippen LogP) is 1.39. The molecule has 1 aliphatic rings. The highest BCUT2D eigenvalue weighted by Crippen LogP contribution is 2.19. The van der Waals surface area contributed by atoms with Crippen molar-refractivity contribution in [3.05, 3.63) is 24.4 Å². The van der Waals surface area contributed by atoms with E-state index in [0.717, 1.165) is 25.4 Å². The summed E-state index contributed by atoms with van der Waals surface area (Å²) >= 11 is 0. The summed E-state index contributed by atoms with van der Waals surface area (Å²) in [6, 6.07) is 0. The van der Waals surface area contributed by atoms with Crippen molar-refractivity contribution in [3.63, 3.8) is 0 Å². The second kappa shape index (κ2) is 3.11. The summed E-state index contributed by atoms with van der Waals surface area (Å²) in [4.78, 5) is 6.38. The van der Waals surface area contributed by atoms with Gasteiger partial charge in [-0.1, -0.05) is 6.08 Å². The lowest BCUT2D eigenvalue weighted by Crippen LogP contribution is -2.23. The minimum absolute atomic E-state index is 0.781. The highest BCUT2D eigenvalue weighted by atomic mass is 16.3. The first-order chi connectivity index (χ1) is 5.86. The quantitative estimate of drug-likeness (QED) is 0.628. The van der Waals surface area contributed by atoms with Gasteiger partial charge in [-0.25, -0.2) is 4.98 Å². The van der Waals surface area contributed by atoms with Gasteiger partial charge < -0.3 is 9.32 Å². The molecule has 0 radical (unpaired) electrons. The van der Waals surface area contributed by atoms with E-state index in [2.05, 4.69) is 23.0 Å². The molecule has 0 N–H and O–H groups in total. The first-order valence-corrected chi connectivity index (χ1v) is 4.14. The predicted molar refractivity (Wildman–Crippen MR) is 46.6 cm³/mol. The molecule has 1 aromatic rings. The Morgan fingerprint density at radius 2 is 2.50 bits per heavy atom. The zero-order chi connectivity index (χ0) is 8.39. The van der Waals surface area contributed by atoms with Crippen LogP contribution >= 0.6 is 0 Å². The Labute approximate surface area is 71.7 Å². The van der Waals surface area contributed by atoms with Gasteiger partial charge in [0.25, 0.3) is 0 Å². The molecule has 0 bridgehead atoms. The minimum atomic E-state index is 0.781. The van der Waals surface area contributed by atoms with E-state index in [1.807, 2.05) is 0 Å². The summed E-state index contributed by atoms with van der Waals surface area (Å²) < 4.78 is 5.21. The Morgan fingerprint density at radius 3 is 3.08 bits per heavy atom. The molecular weight excluding hydrogens is 152 g/mol. The summed E-state index contributed by atoms with van der Waals surface area (Å²) in [6.45, 7) is 2.09. The molecule has 1 aromatic heterocycles. The van der Waals surface area contributed by atoms with Gasteiger partial charge in [0.1, 0.15) is 6.26 Å². The third-order valence-corrected chi connectivity index (χ3v) is 2.12. The molecule has 0 atom stereocenters. The van der Waals surface area contributed by atoms with Crippen molar-refractivity contribution < 1.29 is 4.42 Å². The van der Waals surface area contributed by atoms with Crippen molar-refractivity contribution in [2.75, 3.05) is 20.1 Å². The molecule has 12 heavy (non-hydrogen) atoms. The molecule has 0 aromatic carbocycles. The Bertz CT molecular complexity index is 277. The molecule has 3 nitrogen and oxygen atoms in total. The maximum absolute atomic E-state index is 5.21. The van der Waals surface area contributed by atoms with Crippen molar-refractivity contribution in [2.45, 2.75) is 6.42 Å². The summed E-state index contributed by atoms with van der Waals surface area (Å²) in [5.41, 5.74) is 1.23. The van der Waals surface area contributed by atoms with Crippen LogP contribution in [0.25, 0.3) is 5.57 Å². The number of aromatic nitrogens is 1. The zero-order valence-electron chi connectivity index (χ0n) is 7.16. The minimum Gasteiger partial charge on any atom is -0.445 e. The number of likely N-dealkylation sites (N-methyl/N-ethyl adjacent to an activating group) is 1. The Balaban J connectivity index is 2.16. The lowest BCUT2D eigenvalue weighted by molar-refractivity contribution is 0.367. The topological polar surface area (TPSA) is 29.3 Å². The van der Waals surface area contributed by atoms with Crippen molar-refractivity contribution in [1.29, 1.82) is 0 Å². The SMILES string of the molecule is CN1CC=C(c2ncco2)CC1. The van der Waals surface area contributed by atoms with Gasteiger partial charge in [0.05, 0.1) is 6.20 Å². The maximum atomic E-state index is 5.21. The molecule has 0 fully saturated rings. The molecule has 0 saturated heterocycles. The number of hydrogen-bond acceptors (Lipinski definition) is 3. The van der Waals surface area contributed by atoms with Gasteiger partial charge in [-0.05, 0) is 13.5 Å². The Morgan fingerprint density at radius 1 is 1.58 bits per heavy atom. The monoisotopic (exact) mass is 164 g/mol. The summed E-state index contributed by atoms with van der Waals surface area (Å²) in [5, 5.41) is 0. The van der Waals surface area contributed by atoms with Crippen LogP contribution in [-0.4, -0.2) is 30.0 Å². The second-order valence-electron chi connectivity index (χ2n) is 3.08. The highest BCUT2D eigenvalue weighted by Gasteiger charge is 2.11. The van der Waals surface area contributed by atoms with Crippen LogP contribution in [-0.2, 0) is 0 Å². The molecule has 0 saturated carbocycles. The molecule has 0 unspecified atom stereocenters. The summed E-state index contributed by atoms with van der Waals surface area (Å²) in [7, 11) is 2.11. The van der Waals surface area contributed by atoms with Crippen LogP contribution in [0.2, 0.25) is 0 Å². The van der Waals surface area contributed by atoms with Crippen LogP contribution < -0.4 is 0 Å². The fourth-order valence-corrected chi connectivity index (χ4v) is 1.35. The highest BCUT2D eigenvalue weighted by molar-refractivity contribution is 5.59. The average molecular weight is 164 g/mol. The third kappa shape index (κ3) is 1.41. The Hall–Kier alpha value is -1.09. The first kappa shape index (κ1) is 7.55. The number of hydrogen-bond donors (Lipinski definition) is 0. The molecule has 3 heteroatoms. The van der Waals surface area contributed by atoms with Crippen LogP contribution in [0, 0.1) is 0 Å². The normalized spacial score (nSPS) is 19.2. The fourth-order valence-electron chi connectivity index (χ4n) is 1.35. The van der Waals surface area contributed by atoms with Gasteiger partial charge in [0.2, 0.25) is 5.89 Å². The van der Waals surface area contributed by atoms with Crippen molar-refractivity contribution in [3.8, 4) is 0 Å². The maximum Gasteiger partial charge on any atom is 0.221 e. The van der Waals surface area contributed by atoms with Gasteiger partial charge in [-0.2, -0.15) is 0 Å². The zero-order valence-corrected chi connectivity index (χ0v) is 7.16. The van der Waals surface area contributed by atoms with E-state index in [1.165, 1.54) is 5.57 Å². The van der Waals surface area contributed by atoms with Crippen LogP contribution in [0.15, 0.2) is 23.0 Å². The number of rotatable bonds is 1. The van der Waals surface area contributed by atoms with Crippen LogP contribution in [0.3, 0.4) is 0 Å². The molecule has 1 aliphatic heterocycles. The molecular formula is C9H12N2O. The lowest BCUT2D eigenvalue weighted by Gasteiger charge is -2.19. The molecule has 0 aliphatic carbocycles. The van der Waals surface area contributed by atoms with Gasteiger partial charge in [-0.15, -0.1) is 0 Å². The van der Waals surface area contributed by atoms with Gasteiger partial charge in [0, 0.05) is 18.7 Å². The molecule has 2 rings (SSSR count). The smallest absolute Gasteiger partial charge is 0.221 e. The third-order valence-electron chi connectivity index (χ3n) is 2.12. The van der Waals surface area contributed by atoms with Gasteiger partial charge >= 0.3 is 0 Å². The van der Waals surface area contributed by atoms with E-state index in [4.69, 9.17) is 4.42 Å². The van der Waals surface area contributed by atoms with Gasteiger partial charge in [-0.3, -0.25) is 0 Å². The molecule has 0 amide bonds. The standard InChI is InChI=1S/C9H12N2O/c1-11-5-2-8(3-6-11)9-10-4-7-12-9/h2,4,7H,3,5-6H2,1H3. The number of nitrogens with zero attached hydrogens (tertiary/aromatic N) is 2. The molecule has 2 heterocycles. The fraction of sp³-hybridized carbons (Fsp3) is 0.444. The Kier molecular flexibility index (Phi) is 1.96. The van der Waals surface area contributed by atoms with Crippen LogP contribution in [0.1, 0.15) is 12.3 Å². The summed E-state index contributed by atoms with van der Waals surface area (Å²) in [6.07, 6.45) is 6.52. The molecule has 64 valence electrons. The van der Waals surface area contributed by atoms with E-state index in [9.17, 15) is 0 Å². The van der Waals surface area contributed by atoms with E-state index in [0.29, 0.717) is 0 Å². The van der Waals surface area contributed by atoms with Gasteiger partial charge in [0.15, 0.2) is 0 Å². The van der Waals surface area contributed by atoms with E-state index in [-0.39, 0.29) is 0 Å². The van der Waals surface area contributed by atoms with Crippen molar-refractivity contribution in [2.24, 2.45) is 0 Å². The largest absolute Gasteiger partial charge is 0.445 e. The van der Waals surface area contributed by atoms with E-state index < -0.39 is 0 Å². The van der Waals surface area contributed by atoms with Crippen molar-refractivity contribution in [1.82, 2.24) is 9.88 Å². The first-order valence-electron chi connectivity index (χ1n) is 4.14.